The molecule has 0 amide bonds. The highest BCUT2D eigenvalue weighted by Crippen LogP contribution is 2.12. The number of hydrogen-bond donors (Lipinski definition) is 1. The molecule has 0 bridgehead atoms. The summed E-state index contributed by atoms with van der Waals surface area (Å²) in [7, 11) is 0. The molecule has 0 unspecified atom stereocenters. The van der Waals surface area contributed by atoms with Crippen LogP contribution >= 0.6 is 0 Å². The second-order valence-corrected chi connectivity index (χ2v) is 5.16. The van der Waals surface area contributed by atoms with Crippen molar-refractivity contribution in [2.24, 2.45) is 0 Å². The topological polar surface area (TPSA) is 47.3 Å². The van der Waals surface area contributed by atoms with Gasteiger partial charge in [0.2, 0.25) is 0 Å². The van der Waals surface area contributed by atoms with E-state index in [4.69, 9.17) is 5.26 Å². The summed E-state index contributed by atoms with van der Waals surface area (Å²) in [6.07, 6.45) is 0.882. The van der Waals surface area contributed by atoms with Gasteiger partial charge < -0.3 is 5.11 Å². The molecule has 0 spiro atoms. The summed E-state index contributed by atoms with van der Waals surface area (Å²) in [6.45, 7) is 2.00. The van der Waals surface area contributed by atoms with Gasteiger partial charge in [0.25, 0.3) is 0 Å². The number of nitrogens with zero attached hydrogens (tertiary/aromatic N) is 2. The van der Waals surface area contributed by atoms with Crippen LogP contribution < -0.4 is 0 Å². The highest BCUT2D eigenvalue weighted by molar-refractivity contribution is 5.34. The summed E-state index contributed by atoms with van der Waals surface area (Å²) in [5.74, 6) is -0.496. The Morgan fingerprint density at radius 3 is 2.50 bits per heavy atom. The fraction of sp³-hybridized carbons (Fsp3) is 0.278. The van der Waals surface area contributed by atoms with Crippen molar-refractivity contribution in [1.29, 1.82) is 5.26 Å². The van der Waals surface area contributed by atoms with E-state index in [0.717, 1.165) is 18.5 Å². The molecule has 2 aromatic carbocycles. The summed E-state index contributed by atoms with van der Waals surface area (Å²) in [4.78, 5) is 2.10. The van der Waals surface area contributed by atoms with Crippen LogP contribution in [0.2, 0.25) is 0 Å². The van der Waals surface area contributed by atoms with Gasteiger partial charge in [-0.25, -0.2) is 4.39 Å². The second kappa shape index (κ2) is 8.28. The normalized spacial score (nSPS) is 10.6. The van der Waals surface area contributed by atoms with E-state index in [2.05, 4.69) is 17.0 Å². The smallest absolute Gasteiger partial charge is 0.140 e. The molecule has 3 nitrogen and oxygen atoms in total. The molecule has 1 N–H and O–H groups in total. The Labute approximate surface area is 130 Å². The molecule has 0 aliphatic rings. The van der Waals surface area contributed by atoms with Gasteiger partial charge in [0.05, 0.1) is 12.2 Å². The van der Waals surface area contributed by atoms with Crippen LogP contribution in [0.1, 0.15) is 16.7 Å². The number of hydrogen-bond acceptors (Lipinski definition) is 3. The lowest BCUT2D eigenvalue weighted by atomic mass is 10.1. The number of aliphatic hydroxyl groups excluding tert-OH is 1. The maximum atomic E-state index is 13.3. The molecule has 2 aromatic rings. The van der Waals surface area contributed by atoms with E-state index in [1.165, 1.54) is 11.6 Å². The first kappa shape index (κ1) is 16.2. The fourth-order valence-corrected chi connectivity index (χ4v) is 2.36. The van der Waals surface area contributed by atoms with E-state index < -0.39 is 5.82 Å². The van der Waals surface area contributed by atoms with Crippen molar-refractivity contribution < 1.29 is 9.50 Å². The summed E-state index contributed by atoms with van der Waals surface area (Å²) in [6, 6.07) is 16.6. The number of aliphatic hydroxyl groups is 1. The monoisotopic (exact) mass is 298 g/mol. The first-order chi connectivity index (χ1) is 10.7. The molecule has 0 atom stereocenters. The van der Waals surface area contributed by atoms with Gasteiger partial charge in [-0.3, -0.25) is 4.90 Å². The Morgan fingerprint density at radius 2 is 1.82 bits per heavy atom. The molecule has 0 aromatic heterocycles. The van der Waals surface area contributed by atoms with Crippen molar-refractivity contribution in [3.05, 3.63) is 71.0 Å². The van der Waals surface area contributed by atoms with Crippen LogP contribution in [0.4, 0.5) is 4.39 Å². The number of rotatable bonds is 7. The molecule has 4 heteroatoms. The predicted molar refractivity (Wildman–Crippen MR) is 83.6 cm³/mol. The second-order valence-electron chi connectivity index (χ2n) is 5.16. The maximum absolute atomic E-state index is 13.3. The third-order valence-electron chi connectivity index (χ3n) is 3.53. The van der Waals surface area contributed by atoms with Gasteiger partial charge in [-0.2, -0.15) is 5.26 Å². The molecule has 114 valence electrons. The van der Waals surface area contributed by atoms with Gasteiger partial charge in [0.15, 0.2) is 0 Å². The summed E-state index contributed by atoms with van der Waals surface area (Å²) in [5.41, 5.74) is 2.17. The van der Waals surface area contributed by atoms with E-state index in [1.807, 2.05) is 24.3 Å². The number of halogens is 1. The van der Waals surface area contributed by atoms with Gasteiger partial charge >= 0.3 is 0 Å². The lowest BCUT2D eigenvalue weighted by Crippen LogP contribution is -2.28. The number of benzene rings is 2. The Kier molecular flexibility index (Phi) is 6.08. The van der Waals surface area contributed by atoms with Crippen molar-refractivity contribution in [3.63, 3.8) is 0 Å². The van der Waals surface area contributed by atoms with Crippen LogP contribution in [0.25, 0.3) is 0 Å². The maximum Gasteiger partial charge on any atom is 0.140 e. The van der Waals surface area contributed by atoms with Crippen LogP contribution in [-0.4, -0.2) is 29.7 Å². The van der Waals surface area contributed by atoms with Gasteiger partial charge in [0.1, 0.15) is 11.9 Å². The molecule has 0 aliphatic heterocycles. The fourth-order valence-electron chi connectivity index (χ4n) is 2.36. The Bertz CT molecular complexity index is 637. The van der Waals surface area contributed by atoms with Crippen LogP contribution in [0, 0.1) is 17.1 Å². The van der Waals surface area contributed by atoms with Crippen molar-refractivity contribution in [2.45, 2.75) is 13.0 Å². The third-order valence-corrected chi connectivity index (χ3v) is 3.53. The summed E-state index contributed by atoms with van der Waals surface area (Å²) < 4.78 is 13.3. The summed E-state index contributed by atoms with van der Waals surface area (Å²) in [5, 5.41) is 18.1. The van der Waals surface area contributed by atoms with Crippen LogP contribution in [0.3, 0.4) is 0 Å². The molecular formula is C18H19FN2O. The molecule has 0 radical (unpaired) electrons. The number of nitriles is 1. The zero-order valence-corrected chi connectivity index (χ0v) is 12.4. The lowest BCUT2D eigenvalue weighted by Gasteiger charge is -2.21. The minimum Gasteiger partial charge on any atom is -0.395 e. The standard InChI is InChI=1S/C18H19FN2O/c19-18-7-6-16(12-17(18)13-20)14-21(10-11-22)9-8-15-4-2-1-3-5-15/h1-7,12,22H,8-11,14H2. The zero-order chi connectivity index (χ0) is 15.8. The first-order valence-corrected chi connectivity index (χ1v) is 7.28. The van der Waals surface area contributed by atoms with Gasteiger partial charge in [0, 0.05) is 19.6 Å². The van der Waals surface area contributed by atoms with Crippen molar-refractivity contribution >= 4 is 0 Å². The Morgan fingerprint density at radius 1 is 1.05 bits per heavy atom. The highest BCUT2D eigenvalue weighted by Gasteiger charge is 2.08. The van der Waals surface area contributed by atoms with Gasteiger partial charge in [-0.05, 0) is 29.7 Å². The first-order valence-electron chi connectivity index (χ1n) is 7.28. The Balaban J connectivity index is 2.01. The van der Waals surface area contributed by atoms with Gasteiger partial charge in [-0.1, -0.05) is 36.4 Å². The quantitative estimate of drug-likeness (QED) is 0.855. The third kappa shape index (κ3) is 4.66. The molecule has 0 saturated heterocycles. The van der Waals surface area contributed by atoms with E-state index in [1.54, 1.807) is 12.1 Å². The minimum atomic E-state index is -0.496. The average molecular weight is 298 g/mol. The average Bonchev–Trinajstić information content (AvgIpc) is 2.55. The molecule has 0 saturated carbocycles. The van der Waals surface area contributed by atoms with Crippen molar-refractivity contribution in [2.75, 3.05) is 19.7 Å². The SMILES string of the molecule is N#Cc1cc(CN(CCO)CCc2ccccc2)ccc1F. The molecule has 2 rings (SSSR count). The lowest BCUT2D eigenvalue weighted by molar-refractivity contribution is 0.191. The zero-order valence-electron chi connectivity index (χ0n) is 12.4. The van der Waals surface area contributed by atoms with Crippen molar-refractivity contribution in [3.8, 4) is 6.07 Å². The Hall–Kier alpha value is -2.22. The predicted octanol–water partition coefficient (Wildman–Crippen LogP) is 2.73. The van der Waals surface area contributed by atoms with E-state index >= 15 is 0 Å². The minimum absolute atomic E-state index is 0.0597. The van der Waals surface area contributed by atoms with Crippen LogP contribution in [-0.2, 0) is 13.0 Å². The molecule has 0 aliphatic carbocycles. The largest absolute Gasteiger partial charge is 0.395 e. The highest BCUT2D eigenvalue weighted by atomic mass is 19.1. The van der Waals surface area contributed by atoms with E-state index in [9.17, 15) is 9.50 Å². The van der Waals surface area contributed by atoms with Crippen LogP contribution in [0.5, 0.6) is 0 Å². The van der Waals surface area contributed by atoms with E-state index in [0.29, 0.717) is 13.1 Å². The van der Waals surface area contributed by atoms with Crippen molar-refractivity contribution in [1.82, 2.24) is 4.90 Å². The molecular weight excluding hydrogens is 279 g/mol. The summed E-state index contributed by atoms with van der Waals surface area (Å²) >= 11 is 0. The molecule has 0 heterocycles. The van der Waals surface area contributed by atoms with Crippen LogP contribution in [0.15, 0.2) is 48.5 Å². The van der Waals surface area contributed by atoms with E-state index in [-0.39, 0.29) is 12.2 Å². The van der Waals surface area contributed by atoms with Gasteiger partial charge in [-0.15, -0.1) is 0 Å². The molecule has 0 fully saturated rings. The molecule has 22 heavy (non-hydrogen) atoms.